The molecule has 0 aliphatic carbocycles. The normalized spacial score (nSPS) is 18.0. The number of hydrogen-bond acceptors (Lipinski definition) is 5. The second kappa shape index (κ2) is 12.4. The van der Waals surface area contributed by atoms with Gasteiger partial charge < -0.3 is 20.2 Å². The Bertz CT molecular complexity index is 766. The number of carbonyl (C=O) groups excluding carboxylic acids is 1. The van der Waals surface area contributed by atoms with E-state index in [0.29, 0.717) is 24.3 Å². The second-order valence-electron chi connectivity index (χ2n) is 7.33. The fraction of sp³-hybridized carbons (Fsp3) is 0.500. The van der Waals surface area contributed by atoms with Gasteiger partial charge in [-0.05, 0) is 50.0 Å². The Kier molecular flexibility index (Phi) is 9.89. The third-order valence-electron chi connectivity index (χ3n) is 4.99. The lowest BCUT2D eigenvalue weighted by molar-refractivity contribution is -0.137. The standard InChI is InChI=1S/C22H29NO6S/c24-19-10-6-8-17(23(19)14-4-2-1-3-11-20(25)26)12-13-21(27)30-18-9-5-7-16(15-18)22(28)29/h5,7,9,12-13,15,17,21,27H,1-4,6,8,10-11,14H2,(H,25,26)(H,28,29)/b13-12+/t17-,21?/m1/s1. The molecule has 1 fully saturated rings. The number of carbonyl (C=O) groups is 3. The maximum absolute atomic E-state index is 12.3. The molecule has 1 unspecified atom stereocenters. The number of nitrogens with zero attached hydrogens (tertiary/aromatic N) is 1. The van der Waals surface area contributed by atoms with Crippen molar-refractivity contribution in [1.82, 2.24) is 4.90 Å². The highest BCUT2D eigenvalue weighted by Gasteiger charge is 2.25. The molecule has 3 N–H and O–H groups in total. The lowest BCUT2D eigenvalue weighted by Gasteiger charge is -2.34. The molecule has 1 heterocycles. The van der Waals surface area contributed by atoms with Crippen LogP contribution in [0, 0.1) is 0 Å². The van der Waals surface area contributed by atoms with E-state index in [1.807, 2.05) is 11.0 Å². The fourth-order valence-electron chi connectivity index (χ4n) is 3.45. The minimum atomic E-state index is -1.01. The summed E-state index contributed by atoms with van der Waals surface area (Å²) in [6.07, 6.45) is 9.07. The summed E-state index contributed by atoms with van der Waals surface area (Å²) in [4.78, 5) is 36.5. The van der Waals surface area contributed by atoms with E-state index in [0.717, 1.165) is 43.9 Å². The van der Waals surface area contributed by atoms with E-state index in [9.17, 15) is 19.5 Å². The van der Waals surface area contributed by atoms with E-state index in [2.05, 4.69) is 0 Å². The molecule has 30 heavy (non-hydrogen) atoms. The fourth-order valence-corrected chi connectivity index (χ4v) is 4.25. The second-order valence-corrected chi connectivity index (χ2v) is 8.52. The quantitative estimate of drug-likeness (QED) is 0.198. The van der Waals surface area contributed by atoms with Crippen LogP contribution in [0.1, 0.15) is 61.7 Å². The summed E-state index contributed by atoms with van der Waals surface area (Å²) in [5.41, 5.74) is -0.674. The largest absolute Gasteiger partial charge is 0.481 e. The minimum absolute atomic E-state index is 0.0640. The van der Waals surface area contributed by atoms with Crippen molar-refractivity contribution in [2.75, 3.05) is 6.54 Å². The molecule has 1 aromatic carbocycles. The van der Waals surface area contributed by atoms with Crippen molar-refractivity contribution >= 4 is 29.6 Å². The van der Waals surface area contributed by atoms with Gasteiger partial charge in [0.15, 0.2) is 0 Å². The van der Waals surface area contributed by atoms with E-state index in [1.54, 1.807) is 18.2 Å². The number of unbranched alkanes of at least 4 members (excludes halogenated alkanes) is 3. The summed E-state index contributed by atoms with van der Waals surface area (Å²) < 4.78 is 0. The Morgan fingerprint density at radius 1 is 1.20 bits per heavy atom. The molecule has 0 bridgehead atoms. The summed E-state index contributed by atoms with van der Waals surface area (Å²) in [7, 11) is 0. The maximum Gasteiger partial charge on any atom is 0.335 e. The zero-order valence-corrected chi connectivity index (χ0v) is 17.7. The molecule has 1 aliphatic rings. The molecule has 0 spiro atoms. The lowest BCUT2D eigenvalue weighted by atomic mass is 10.00. The van der Waals surface area contributed by atoms with Gasteiger partial charge in [0.2, 0.25) is 5.91 Å². The highest BCUT2D eigenvalue weighted by Crippen LogP contribution is 2.25. The molecule has 0 radical (unpaired) electrons. The minimum Gasteiger partial charge on any atom is -0.481 e. The zero-order valence-electron chi connectivity index (χ0n) is 16.9. The first kappa shape index (κ1) is 24.0. The van der Waals surface area contributed by atoms with Crippen molar-refractivity contribution in [2.24, 2.45) is 0 Å². The van der Waals surface area contributed by atoms with Crippen molar-refractivity contribution in [3.63, 3.8) is 0 Å². The van der Waals surface area contributed by atoms with Gasteiger partial charge in [-0.3, -0.25) is 9.59 Å². The van der Waals surface area contributed by atoms with Crippen molar-refractivity contribution in [3.05, 3.63) is 42.0 Å². The average molecular weight is 436 g/mol. The van der Waals surface area contributed by atoms with E-state index < -0.39 is 17.4 Å². The van der Waals surface area contributed by atoms with Gasteiger partial charge in [-0.25, -0.2) is 4.79 Å². The first-order chi connectivity index (χ1) is 14.4. The number of thioether (sulfide) groups is 1. The first-order valence-corrected chi connectivity index (χ1v) is 11.1. The molecular weight excluding hydrogens is 406 g/mol. The number of carboxylic acid groups (broad SMARTS) is 2. The van der Waals surface area contributed by atoms with Crippen LogP contribution in [0.15, 0.2) is 41.3 Å². The van der Waals surface area contributed by atoms with Crippen LogP contribution < -0.4 is 0 Å². The number of piperidine rings is 1. The molecule has 0 aromatic heterocycles. The van der Waals surface area contributed by atoms with Gasteiger partial charge in [0, 0.05) is 24.3 Å². The molecule has 1 amide bonds. The number of aliphatic carboxylic acids is 1. The van der Waals surface area contributed by atoms with Crippen molar-refractivity contribution in [1.29, 1.82) is 0 Å². The Morgan fingerprint density at radius 2 is 1.97 bits per heavy atom. The van der Waals surface area contributed by atoms with Gasteiger partial charge in [0.05, 0.1) is 11.6 Å². The number of aromatic carboxylic acids is 1. The van der Waals surface area contributed by atoms with Gasteiger partial charge in [-0.1, -0.05) is 36.7 Å². The van der Waals surface area contributed by atoms with Gasteiger partial charge in [0.1, 0.15) is 5.44 Å². The third kappa shape index (κ3) is 8.20. The number of benzene rings is 1. The Hall–Kier alpha value is -2.32. The summed E-state index contributed by atoms with van der Waals surface area (Å²) >= 11 is 1.15. The first-order valence-electron chi connectivity index (χ1n) is 10.2. The molecule has 164 valence electrons. The molecule has 1 aliphatic heterocycles. The van der Waals surface area contributed by atoms with E-state index in [-0.39, 0.29) is 23.9 Å². The molecule has 2 rings (SSSR count). The molecular formula is C22H29NO6S. The van der Waals surface area contributed by atoms with Crippen LogP contribution in [-0.2, 0) is 9.59 Å². The third-order valence-corrected chi connectivity index (χ3v) is 5.91. The Labute approximate surface area is 180 Å². The molecule has 0 saturated carbocycles. The number of aliphatic hydroxyl groups is 1. The van der Waals surface area contributed by atoms with Crippen LogP contribution >= 0.6 is 11.8 Å². The van der Waals surface area contributed by atoms with Crippen LogP contribution in [-0.4, -0.2) is 56.1 Å². The summed E-state index contributed by atoms with van der Waals surface area (Å²) in [6.45, 7) is 0.630. The Balaban J connectivity index is 1.86. The number of rotatable bonds is 12. The van der Waals surface area contributed by atoms with Crippen LogP contribution in [0.25, 0.3) is 0 Å². The van der Waals surface area contributed by atoms with Crippen molar-refractivity contribution in [3.8, 4) is 0 Å². The van der Waals surface area contributed by atoms with Crippen LogP contribution in [0.4, 0.5) is 0 Å². The topological polar surface area (TPSA) is 115 Å². The zero-order chi connectivity index (χ0) is 21.9. The van der Waals surface area contributed by atoms with Crippen LogP contribution in [0.5, 0.6) is 0 Å². The average Bonchev–Trinajstić information content (AvgIpc) is 2.70. The predicted octanol–water partition coefficient (Wildman–Crippen LogP) is 3.77. The monoisotopic (exact) mass is 435 g/mol. The van der Waals surface area contributed by atoms with Gasteiger partial charge in [0.25, 0.3) is 0 Å². The highest BCUT2D eigenvalue weighted by atomic mass is 32.2. The summed E-state index contributed by atoms with van der Waals surface area (Å²) in [5.74, 6) is -1.68. The molecule has 8 heteroatoms. The smallest absolute Gasteiger partial charge is 0.335 e. The number of likely N-dealkylation sites (tertiary alicyclic amines) is 1. The molecule has 1 saturated heterocycles. The maximum atomic E-state index is 12.3. The van der Waals surface area contributed by atoms with E-state index in [4.69, 9.17) is 10.2 Å². The molecule has 1 aromatic rings. The molecule has 7 nitrogen and oxygen atoms in total. The number of hydrogen-bond donors (Lipinski definition) is 3. The summed E-state index contributed by atoms with van der Waals surface area (Å²) in [6, 6.07) is 6.34. The number of aliphatic hydroxyl groups excluding tert-OH is 1. The van der Waals surface area contributed by atoms with Gasteiger partial charge in [-0.15, -0.1) is 0 Å². The molecule has 2 atom stereocenters. The lowest BCUT2D eigenvalue weighted by Crippen LogP contribution is -2.43. The Morgan fingerprint density at radius 3 is 2.70 bits per heavy atom. The number of amides is 1. The van der Waals surface area contributed by atoms with Crippen LogP contribution in [0.3, 0.4) is 0 Å². The van der Waals surface area contributed by atoms with E-state index >= 15 is 0 Å². The SMILES string of the molecule is O=C(O)CCCCCCN1C(=O)CCC[C@@H]1/C=C/C(O)Sc1cccc(C(=O)O)c1. The highest BCUT2D eigenvalue weighted by molar-refractivity contribution is 7.99. The van der Waals surface area contributed by atoms with Crippen molar-refractivity contribution < 1.29 is 29.7 Å². The summed E-state index contributed by atoms with van der Waals surface area (Å²) in [5, 5.41) is 28.0. The van der Waals surface area contributed by atoms with Crippen molar-refractivity contribution in [2.45, 2.75) is 67.7 Å². The number of carboxylic acids is 2. The van der Waals surface area contributed by atoms with Crippen LogP contribution in [0.2, 0.25) is 0 Å². The van der Waals surface area contributed by atoms with Gasteiger partial charge >= 0.3 is 11.9 Å². The predicted molar refractivity (Wildman–Crippen MR) is 114 cm³/mol. The van der Waals surface area contributed by atoms with Gasteiger partial charge in [-0.2, -0.15) is 0 Å². The van der Waals surface area contributed by atoms with E-state index in [1.165, 1.54) is 12.1 Å².